The molecule has 104 valence electrons. The first-order chi connectivity index (χ1) is 9.15. The molecule has 1 N–H and O–H groups in total. The summed E-state index contributed by atoms with van der Waals surface area (Å²) >= 11 is 12.4. The van der Waals surface area contributed by atoms with Gasteiger partial charge in [-0.05, 0) is 18.9 Å². The number of allylic oxidation sites excluding steroid dienone is 1. The van der Waals surface area contributed by atoms with E-state index in [9.17, 15) is 0 Å². The summed E-state index contributed by atoms with van der Waals surface area (Å²) in [5.74, 6) is 0.502. The Morgan fingerprint density at radius 3 is 2.63 bits per heavy atom. The van der Waals surface area contributed by atoms with E-state index in [1.54, 1.807) is 0 Å². The Morgan fingerprint density at radius 1 is 1.32 bits per heavy atom. The van der Waals surface area contributed by atoms with Crippen LogP contribution in [0.1, 0.15) is 31.7 Å². The van der Waals surface area contributed by atoms with Gasteiger partial charge in [-0.3, -0.25) is 0 Å². The molecule has 0 spiro atoms. The van der Waals surface area contributed by atoms with E-state index in [0.717, 1.165) is 35.5 Å². The zero-order chi connectivity index (χ0) is 13.9. The molecule has 2 nitrogen and oxygen atoms in total. The van der Waals surface area contributed by atoms with Gasteiger partial charge in [-0.15, -0.1) is 11.6 Å². The molecule has 0 radical (unpaired) electrons. The fourth-order valence-corrected chi connectivity index (χ4v) is 3.18. The number of hydrogen-bond acceptors (Lipinski definition) is 2. The molecule has 0 bridgehead atoms. The van der Waals surface area contributed by atoms with Crippen LogP contribution in [0.5, 0.6) is 0 Å². The lowest BCUT2D eigenvalue weighted by Crippen LogP contribution is -2.48. The quantitative estimate of drug-likeness (QED) is 0.816. The minimum atomic E-state index is -0.265. The molecule has 1 aromatic carbocycles. The first kappa shape index (κ1) is 14.5. The molecule has 0 saturated heterocycles. The van der Waals surface area contributed by atoms with E-state index in [4.69, 9.17) is 23.2 Å². The molecular weight excluding hydrogens is 279 g/mol. The molecular formula is C15H20Cl2N2. The average molecular weight is 299 g/mol. The van der Waals surface area contributed by atoms with Crippen LogP contribution in [0.4, 0.5) is 0 Å². The van der Waals surface area contributed by atoms with Crippen molar-refractivity contribution >= 4 is 23.2 Å². The Bertz CT molecular complexity index is 473. The smallest absolute Gasteiger partial charge is 0.137 e. The van der Waals surface area contributed by atoms with E-state index in [1.165, 1.54) is 0 Å². The SMILES string of the molecule is CCCCC1(c2ccccc2Cl)NC=C(CCl)N1C. The first-order valence-electron chi connectivity index (χ1n) is 6.67. The maximum absolute atomic E-state index is 6.41. The molecule has 1 aliphatic rings. The van der Waals surface area contributed by atoms with E-state index in [1.807, 2.05) is 24.4 Å². The van der Waals surface area contributed by atoms with Gasteiger partial charge >= 0.3 is 0 Å². The van der Waals surface area contributed by atoms with E-state index in [0.29, 0.717) is 5.88 Å². The molecule has 1 unspecified atom stereocenters. The lowest BCUT2D eigenvalue weighted by Gasteiger charge is -2.40. The molecule has 1 aromatic rings. The molecule has 0 amide bonds. The normalized spacial score (nSPS) is 22.3. The third-order valence-corrected chi connectivity index (χ3v) is 4.43. The fourth-order valence-electron chi connectivity index (χ4n) is 2.63. The van der Waals surface area contributed by atoms with E-state index in [-0.39, 0.29) is 5.66 Å². The monoisotopic (exact) mass is 298 g/mol. The topological polar surface area (TPSA) is 15.3 Å². The van der Waals surface area contributed by atoms with Gasteiger partial charge in [-0.25, -0.2) is 0 Å². The largest absolute Gasteiger partial charge is 0.363 e. The molecule has 2 rings (SSSR count). The number of hydrogen-bond donors (Lipinski definition) is 1. The summed E-state index contributed by atoms with van der Waals surface area (Å²) in [6.45, 7) is 2.20. The number of nitrogens with one attached hydrogen (secondary N) is 1. The second-order valence-corrected chi connectivity index (χ2v) is 5.59. The van der Waals surface area contributed by atoms with Gasteiger partial charge in [0.25, 0.3) is 0 Å². The lowest BCUT2D eigenvalue weighted by molar-refractivity contribution is 0.144. The number of unbranched alkanes of at least 4 members (excludes halogenated alkanes) is 1. The summed E-state index contributed by atoms with van der Waals surface area (Å²) in [4.78, 5) is 2.22. The maximum atomic E-state index is 6.41. The zero-order valence-electron chi connectivity index (χ0n) is 11.4. The second-order valence-electron chi connectivity index (χ2n) is 4.92. The highest BCUT2D eigenvalue weighted by Gasteiger charge is 2.41. The van der Waals surface area contributed by atoms with Gasteiger partial charge in [-0.2, -0.15) is 0 Å². The Morgan fingerprint density at radius 2 is 2.05 bits per heavy atom. The third-order valence-electron chi connectivity index (χ3n) is 3.83. The molecule has 19 heavy (non-hydrogen) atoms. The number of alkyl halides is 1. The molecule has 0 aromatic heterocycles. The van der Waals surface area contributed by atoms with Crippen LogP contribution in [-0.4, -0.2) is 17.8 Å². The van der Waals surface area contributed by atoms with Crippen molar-refractivity contribution in [3.63, 3.8) is 0 Å². The average Bonchev–Trinajstić information content (AvgIpc) is 2.75. The van der Waals surface area contributed by atoms with Crippen LogP contribution in [0, 0.1) is 0 Å². The number of nitrogens with zero attached hydrogens (tertiary/aromatic N) is 1. The molecule has 1 atom stereocenters. The van der Waals surface area contributed by atoms with Crippen LogP contribution in [0.2, 0.25) is 5.02 Å². The molecule has 0 fully saturated rings. The molecule has 4 heteroatoms. The predicted molar refractivity (Wildman–Crippen MR) is 82.4 cm³/mol. The van der Waals surface area contributed by atoms with Gasteiger partial charge in [0.05, 0.1) is 5.88 Å². The van der Waals surface area contributed by atoms with Crippen molar-refractivity contribution < 1.29 is 0 Å². The van der Waals surface area contributed by atoms with Gasteiger partial charge < -0.3 is 10.2 Å². The van der Waals surface area contributed by atoms with Crippen molar-refractivity contribution in [3.8, 4) is 0 Å². The van der Waals surface area contributed by atoms with Gasteiger partial charge in [0.1, 0.15) is 5.66 Å². The van der Waals surface area contributed by atoms with Gasteiger partial charge in [0.2, 0.25) is 0 Å². The van der Waals surface area contributed by atoms with Crippen LogP contribution < -0.4 is 5.32 Å². The predicted octanol–water partition coefficient (Wildman–Crippen LogP) is 4.30. The van der Waals surface area contributed by atoms with E-state index >= 15 is 0 Å². The van der Waals surface area contributed by atoms with Crippen molar-refractivity contribution in [2.24, 2.45) is 0 Å². The number of halogens is 2. The maximum Gasteiger partial charge on any atom is 0.137 e. The minimum Gasteiger partial charge on any atom is -0.363 e. The lowest BCUT2D eigenvalue weighted by atomic mass is 9.92. The standard InChI is InChI=1S/C15H20Cl2N2/c1-3-4-9-15(13-7-5-6-8-14(13)17)18-11-12(10-16)19(15)2/h5-8,11,18H,3-4,9-10H2,1-2H3. The van der Waals surface area contributed by atoms with Crippen LogP contribution in [-0.2, 0) is 5.66 Å². The van der Waals surface area contributed by atoms with Crippen LogP contribution in [0.25, 0.3) is 0 Å². The molecule has 0 saturated carbocycles. The molecule has 0 aliphatic carbocycles. The zero-order valence-corrected chi connectivity index (χ0v) is 12.9. The van der Waals surface area contributed by atoms with Gasteiger partial charge in [-0.1, -0.05) is 43.1 Å². The van der Waals surface area contributed by atoms with Crippen LogP contribution in [0.15, 0.2) is 36.2 Å². The number of benzene rings is 1. The minimum absolute atomic E-state index is 0.265. The summed E-state index contributed by atoms with van der Waals surface area (Å²) in [6.07, 6.45) is 5.29. The van der Waals surface area contributed by atoms with E-state index < -0.39 is 0 Å². The summed E-state index contributed by atoms with van der Waals surface area (Å²) in [7, 11) is 2.08. The Hall–Kier alpha value is -0.860. The third kappa shape index (κ3) is 2.56. The van der Waals surface area contributed by atoms with Crippen molar-refractivity contribution in [2.45, 2.75) is 31.8 Å². The number of rotatable bonds is 5. The Balaban J connectivity index is 2.40. The molecule has 1 aliphatic heterocycles. The summed E-state index contributed by atoms with van der Waals surface area (Å²) in [5.41, 5.74) is 1.94. The highest BCUT2D eigenvalue weighted by Crippen LogP contribution is 2.39. The summed E-state index contributed by atoms with van der Waals surface area (Å²) < 4.78 is 0. The van der Waals surface area contributed by atoms with Crippen molar-refractivity contribution in [1.82, 2.24) is 10.2 Å². The highest BCUT2D eigenvalue weighted by molar-refractivity contribution is 6.31. The van der Waals surface area contributed by atoms with Crippen LogP contribution in [0.3, 0.4) is 0 Å². The Kier molecular flexibility index (Phi) is 4.64. The van der Waals surface area contributed by atoms with Crippen molar-refractivity contribution in [3.05, 3.63) is 46.7 Å². The fraction of sp³-hybridized carbons (Fsp3) is 0.467. The van der Waals surface area contributed by atoms with Gasteiger partial charge in [0.15, 0.2) is 0 Å². The molecule has 1 heterocycles. The highest BCUT2D eigenvalue weighted by atomic mass is 35.5. The van der Waals surface area contributed by atoms with Gasteiger partial charge in [0, 0.05) is 29.5 Å². The van der Waals surface area contributed by atoms with Crippen molar-refractivity contribution in [2.75, 3.05) is 12.9 Å². The second kappa shape index (κ2) is 6.06. The Labute approximate surface area is 125 Å². The summed E-state index contributed by atoms with van der Waals surface area (Å²) in [6, 6.07) is 8.03. The van der Waals surface area contributed by atoms with E-state index in [2.05, 4.69) is 30.3 Å². The van der Waals surface area contributed by atoms with Crippen molar-refractivity contribution in [1.29, 1.82) is 0 Å². The van der Waals surface area contributed by atoms with Crippen LogP contribution >= 0.6 is 23.2 Å². The first-order valence-corrected chi connectivity index (χ1v) is 7.58. The summed E-state index contributed by atoms with van der Waals surface area (Å²) in [5, 5.41) is 4.30.